The van der Waals surface area contributed by atoms with Crippen LogP contribution in [0.3, 0.4) is 0 Å². The van der Waals surface area contributed by atoms with Crippen LogP contribution in [-0.4, -0.2) is 24.8 Å². The predicted molar refractivity (Wildman–Crippen MR) is 85.1 cm³/mol. The van der Waals surface area contributed by atoms with E-state index in [0.717, 1.165) is 4.88 Å². The summed E-state index contributed by atoms with van der Waals surface area (Å²) in [6.07, 6.45) is -0.907. The molecule has 0 unspecified atom stereocenters. The smallest absolute Gasteiger partial charge is 0.349 e. The summed E-state index contributed by atoms with van der Waals surface area (Å²) in [4.78, 5) is 25.6. The fourth-order valence-electron chi connectivity index (χ4n) is 2.03. The zero-order chi connectivity index (χ0) is 16.4. The number of nitrogens with one attached hydrogen (secondary N) is 1. The summed E-state index contributed by atoms with van der Waals surface area (Å²) < 4.78 is 15.6. The van der Waals surface area contributed by atoms with Gasteiger partial charge in [-0.15, -0.1) is 11.3 Å². The molecule has 0 bridgehead atoms. The van der Waals surface area contributed by atoms with E-state index < -0.39 is 18.0 Å². The molecule has 120 valence electrons. The van der Waals surface area contributed by atoms with Gasteiger partial charge in [-0.05, 0) is 38.1 Å². The molecule has 0 radical (unpaired) electrons. The Hall–Kier alpha value is -2.54. The minimum atomic E-state index is -0.907. The Labute approximate surface area is 137 Å². The van der Waals surface area contributed by atoms with Gasteiger partial charge in [0.15, 0.2) is 17.6 Å². The van der Waals surface area contributed by atoms with Crippen LogP contribution in [0.25, 0.3) is 0 Å². The van der Waals surface area contributed by atoms with Gasteiger partial charge in [0.05, 0.1) is 0 Å². The number of hydrogen-bond acceptors (Lipinski definition) is 6. The van der Waals surface area contributed by atoms with E-state index in [1.54, 1.807) is 24.3 Å². The van der Waals surface area contributed by atoms with Crippen LogP contribution in [0.1, 0.15) is 21.5 Å². The lowest BCUT2D eigenvalue weighted by molar-refractivity contribution is -0.123. The first kappa shape index (κ1) is 15.4. The summed E-state index contributed by atoms with van der Waals surface area (Å²) in [5, 5.41) is 2.69. The number of carbonyl (C=O) groups is 2. The molecule has 0 saturated heterocycles. The maximum Gasteiger partial charge on any atom is 0.349 e. The molecule has 2 aromatic rings. The van der Waals surface area contributed by atoms with Crippen molar-refractivity contribution in [1.29, 1.82) is 0 Å². The van der Waals surface area contributed by atoms with Crippen LogP contribution in [0, 0.1) is 6.92 Å². The molecular formula is C16H15NO5S. The van der Waals surface area contributed by atoms with Crippen LogP contribution in [-0.2, 0) is 9.53 Å². The third-order valence-electron chi connectivity index (χ3n) is 3.23. The molecule has 2 heterocycles. The first-order valence-corrected chi connectivity index (χ1v) is 7.82. The monoisotopic (exact) mass is 333 g/mol. The molecule has 1 aromatic heterocycles. The third kappa shape index (κ3) is 3.45. The summed E-state index contributed by atoms with van der Waals surface area (Å²) in [5.41, 5.74) is 0.550. The van der Waals surface area contributed by atoms with E-state index in [4.69, 9.17) is 14.2 Å². The number of ether oxygens (including phenoxy) is 3. The van der Waals surface area contributed by atoms with Gasteiger partial charge in [0.2, 0.25) is 6.79 Å². The zero-order valence-corrected chi connectivity index (χ0v) is 13.4. The number of amides is 1. The number of anilines is 1. The largest absolute Gasteiger partial charge is 0.454 e. The maximum absolute atomic E-state index is 12.1. The van der Waals surface area contributed by atoms with E-state index in [0.29, 0.717) is 22.1 Å². The first-order valence-electron chi connectivity index (χ1n) is 7.01. The van der Waals surface area contributed by atoms with Gasteiger partial charge in [-0.1, -0.05) is 0 Å². The van der Waals surface area contributed by atoms with Crippen molar-refractivity contribution >= 4 is 28.9 Å². The van der Waals surface area contributed by atoms with Crippen molar-refractivity contribution in [2.75, 3.05) is 12.1 Å². The van der Waals surface area contributed by atoms with Gasteiger partial charge in [0.25, 0.3) is 5.91 Å². The average Bonchev–Trinajstić information content (AvgIpc) is 3.15. The second kappa shape index (κ2) is 6.29. The highest BCUT2D eigenvalue weighted by atomic mass is 32.1. The molecular weight excluding hydrogens is 318 g/mol. The van der Waals surface area contributed by atoms with Crippen molar-refractivity contribution in [2.45, 2.75) is 20.0 Å². The van der Waals surface area contributed by atoms with Gasteiger partial charge in [-0.3, -0.25) is 4.79 Å². The second-order valence-corrected chi connectivity index (χ2v) is 6.30. The Balaban J connectivity index is 1.60. The van der Waals surface area contributed by atoms with E-state index in [1.165, 1.54) is 18.3 Å². The van der Waals surface area contributed by atoms with Crippen LogP contribution in [0.2, 0.25) is 0 Å². The van der Waals surface area contributed by atoms with E-state index in [9.17, 15) is 9.59 Å². The number of esters is 1. The Morgan fingerprint density at radius 2 is 2.00 bits per heavy atom. The molecule has 6 nitrogen and oxygen atoms in total. The van der Waals surface area contributed by atoms with Crippen molar-refractivity contribution in [2.24, 2.45) is 0 Å². The van der Waals surface area contributed by atoms with Crippen LogP contribution in [0.4, 0.5) is 5.69 Å². The maximum atomic E-state index is 12.1. The number of thiophene rings is 1. The van der Waals surface area contributed by atoms with Crippen molar-refractivity contribution in [3.05, 3.63) is 40.1 Å². The second-order valence-electron chi connectivity index (χ2n) is 5.02. The van der Waals surface area contributed by atoms with E-state index >= 15 is 0 Å². The number of rotatable bonds is 4. The molecule has 1 aromatic carbocycles. The molecule has 7 heteroatoms. The highest BCUT2D eigenvalue weighted by Crippen LogP contribution is 2.34. The molecule has 1 amide bonds. The molecule has 1 aliphatic heterocycles. The van der Waals surface area contributed by atoms with Crippen molar-refractivity contribution in [3.8, 4) is 11.5 Å². The van der Waals surface area contributed by atoms with Crippen molar-refractivity contribution < 1.29 is 23.8 Å². The SMILES string of the molecule is Cc1ccc(C(=O)O[C@H](C)C(=O)Nc2ccc3c(c2)OCO3)s1. The average molecular weight is 333 g/mol. The standard InChI is InChI=1S/C16H15NO5S/c1-9-3-6-14(23-9)16(19)22-10(2)15(18)17-11-4-5-12-13(7-11)21-8-20-12/h3-7,10H,8H2,1-2H3,(H,17,18)/t10-/m1/s1. The molecule has 0 aliphatic carbocycles. The highest BCUT2D eigenvalue weighted by Gasteiger charge is 2.21. The number of benzene rings is 1. The lowest BCUT2D eigenvalue weighted by Crippen LogP contribution is -2.29. The lowest BCUT2D eigenvalue weighted by Gasteiger charge is -2.13. The molecule has 0 fully saturated rings. The van der Waals surface area contributed by atoms with Gasteiger partial charge in [0, 0.05) is 16.6 Å². The fraction of sp³-hybridized carbons (Fsp3) is 0.250. The number of fused-ring (bicyclic) bond motifs is 1. The summed E-state index contributed by atoms with van der Waals surface area (Å²) in [5.74, 6) is 0.291. The van der Waals surface area contributed by atoms with Crippen LogP contribution >= 0.6 is 11.3 Å². The Morgan fingerprint density at radius 1 is 1.22 bits per heavy atom. The molecule has 0 saturated carbocycles. The fourth-order valence-corrected chi connectivity index (χ4v) is 2.79. The van der Waals surface area contributed by atoms with Gasteiger partial charge in [0.1, 0.15) is 4.88 Å². The zero-order valence-electron chi connectivity index (χ0n) is 12.6. The van der Waals surface area contributed by atoms with E-state index in [1.807, 2.05) is 13.0 Å². The van der Waals surface area contributed by atoms with Crippen molar-refractivity contribution in [1.82, 2.24) is 0 Å². The van der Waals surface area contributed by atoms with Gasteiger partial charge >= 0.3 is 5.97 Å². The number of hydrogen-bond donors (Lipinski definition) is 1. The number of carbonyl (C=O) groups excluding carboxylic acids is 2. The normalized spacial score (nSPS) is 13.5. The third-order valence-corrected chi connectivity index (χ3v) is 4.22. The lowest BCUT2D eigenvalue weighted by atomic mass is 10.2. The molecule has 1 atom stereocenters. The predicted octanol–water partition coefficient (Wildman–Crippen LogP) is 2.97. The summed E-state index contributed by atoms with van der Waals surface area (Å²) in [6, 6.07) is 8.59. The molecule has 0 spiro atoms. The van der Waals surface area contributed by atoms with Gasteiger partial charge in [-0.25, -0.2) is 4.79 Å². The van der Waals surface area contributed by atoms with E-state index in [2.05, 4.69) is 5.32 Å². The summed E-state index contributed by atoms with van der Waals surface area (Å²) in [6.45, 7) is 3.60. The molecule has 1 N–H and O–H groups in total. The molecule has 23 heavy (non-hydrogen) atoms. The first-order chi connectivity index (χ1) is 11.0. The van der Waals surface area contributed by atoms with E-state index in [-0.39, 0.29) is 6.79 Å². The van der Waals surface area contributed by atoms with Gasteiger partial charge in [-0.2, -0.15) is 0 Å². The Morgan fingerprint density at radius 3 is 2.74 bits per heavy atom. The van der Waals surface area contributed by atoms with Crippen LogP contribution in [0.15, 0.2) is 30.3 Å². The molecule has 1 aliphatic rings. The Bertz CT molecular complexity index is 755. The quantitative estimate of drug-likeness (QED) is 0.871. The summed E-state index contributed by atoms with van der Waals surface area (Å²) in [7, 11) is 0. The minimum Gasteiger partial charge on any atom is -0.454 e. The topological polar surface area (TPSA) is 73.9 Å². The number of aryl methyl sites for hydroxylation is 1. The van der Waals surface area contributed by atoms with Gasteiger partial charge < -0.3 is 19.5 Å². The summed E-state index contributed by atoms with van der Waals surface area (Å²) >= 11 is 1.33. The molecule has 3 rings (SSSR count). The Kier molecular flexibility index (Phi) is 4.20. The highest BCUT2D eigenvalue weighted by molar-refractivity contribution is 7.13. The van der Waals surface area contributed by atoms with Crippen LogP contribution < -0.4 is 14.8 Å². The van der Waals surface area contributed by atoms with Crippen molar-refractivity contribution in [3.63, 3.8) is 0 Å². The van der Waals surface area contributed by atoms with Crippen LogP contribution in [0.5, 0.6) is 11.5 Å². The minimum absolute atomic E-state index is 0.168.